The van der Waals surface area contributed by atoms with Gasteiger partial charge >= 0.3 is 13.2 Å². The van der Waals surface area contributed by atoms with E-state index in [1.54, 1.807) is 36.7 Å². The molecule has 0 bridgehead atoms. The van der Waals surface area contributed by atoms with Crippen molar-refractivity contribution in [1.82, 2.24) is 0 Å². The van der Waals surface area contributed by atoms with Crippen LogP contribution in [0.4, 0.5) is 23.0 Å². The van der Waals surface area contributed by atoms with E-state index in [9.17, 15) is 32.2 Å². The van der Waals surface area contributed by atoms with E-state index in [-0.39, 0.29) is 11.7 Å². The quantitative estimate of drug-likeness (QED) is 0.210. The van der Waals surface area contributed by atoms with Gasteiger partial charge in [0.2, 0.25) is 0 Å². The van der Waals surface area contributed by atoms with Gasteiger partial charge < -0.3 is 22.0 Å². The van der Waals surface area contributed by atoms with Gasteiger partial charge in [-0.2, -0.15) is 0 Å². The van der Waals surface area contributed by atoms with Crippen molar-refractivity contribution in [2.75, 3.05) is 7.11 Å². The van der Waals surface area contributed by atoms with Crippen LogP contribution in [0.3, 0.4) is 0 Å². The molecule has 0 saturated heterocycles. The van der Waals surface area contributed by atoms with Crippen molar-refractivity contribution in [3.8, 4) is 0 Å². The molecule has 6 nitrogen and oxygen atoms in total. The Morgan fingerprint density at radius 2 is 1.60 bits per heavy atom. The Balaban J connectivity index is 0.000000550. The summed E-state index contributed by atoms with van der Waals surface area (Å²) in [6, 6.07) is 9.69. The summed E-state index contributed by atoms with van der Waals surface area (Å²) < 4.78 is 45.5. The third kappa shape index (κ3) is 7.91. The molecule has 0 atom stereocenters. The number of rotatable bonds is 4. The second kappa shape index (κ2) is 8.76. The van der Waals surface area contributed by atoms with Gasteiger partial charge in [0.15, 0.2) is 18.9 Å². The monoisotopic (exact) mass is 360 g/mol. The number of esters is 1. The van der Waals surface area contributed by atoms with Gasteiger partial charge in [0, 0.05) is 29.8 Å². The molecule has 2 rings (SSSR count). The van der Waals surface area contributed by atoms with Crippen molar-refractivity contribution >= 4 is 18.9 Å². The molecule has 0 aliphatic heterocycles. The number of aromatic nitrogens is 1. The highest BCUT2D eigenvalue weighted by atomic mass is 19.5. The Hall–Kier alpha value is -2.98. The minimum absolute atomic E-state index is 0.0692. The standard InChI is InChI=1S/C14H13N2O4.BF4/c1-20-14(17)12-6-8-15(9-7-12)10-11-2-4-13(5-3-11)16(18)19;2-1(3,4)5/h2-9H,10H2,1H3;/q+1;-1. The molecule has 11 heteroatoms. The first kappa shape index (κ1) is 20.1. The molecule has 1 heterocycles. The number of halogens is 4. The van der Waals surface area contributed by atoms with E-state index in [0.29, 0.717) is 12.1 Å². The Morgan fingerprint density at radius 3 is 2.00 bits per heavy atom. The molecule has 0 saturated carbocycles. The fourth-order valence-electron chi connectivity index (χ4n) is 1.75. The molecule has 0 N–H and O–H groups in total. The molecule has 0 fully saturated rings. The summed E-state index contributed by atoms with van der Waals surface area (Å²) in [6.45, 7) is 0.569. The maximum absolute atomic E-state index is 11.3. The molecule has 1 aromatic heterocycles. The molecule has 0 radical (unpaired) electrons. The molecule has 134 valence electrons. The Kier molecular flexibility index (Phi) is 7.03. The topological polar surface area (TPSA) is 73.3 Å². The number of carbonyl (C=O) groups excluding carboxylic acids is 1. The van der Waals surface area contributed by atoms with Crippen LogP contribution in [0, 0.1) is 10.1 Å². The number of benzene rings is 1. The average Bonchev–Trinajstić information content (AvgIpc) is 2.54. The SMILES string of the molecule is COC(=O)c1cc[n+](Cc2ccc([N+](=O)[O-])cc2)cc1.F[B-](F)(F)F. The summed E-state index contributed by atoms with van der Waals surface area (Å²) in [7, 11) is -4.67. The number of carbonyl (C=O) groups is 1. The van der Waals surface area contributed by atoms with Gasteiger partial charge in [0.25, 0.3) is 5.69 Å². The maximum atomic E-state index is 11.3. The van der Waals surface area contributed by atoms with Gasteiger partial charge in [0.1, 0.15) is 0 Å². The predicted octanol–water partition coefficient (Wildman–Crippen LogP) is 3.02. The van der Waals surface area contributed by atoms with E-state index in [1.165, 1.54) is 19.2 Å². The van der Waals surface area contributed by atoms with E-state index in [0.717, 1.165) is 5.56 Å². The van der Waals surface area contributed by atoms with Gasteiger partial charge in [0.05, 0.1) is 17.6 Å². The molecule has 1 aromatic carbocycles. The van der Waals surface area contributed by atoms with Gasteiger partial charge in [-0.25, -0.2) is 9.36 Å². The van der Waals surface area contributed by atoms with Crippen LogP contribution < -0.4 is 4.57 Å². The third-order valence-electron chi connectivity index (χ3n) is 2.82. The molecule has 0 spiro atoms. The van der Waals surface area contributed by atoms with Crippen LogP contribution >= 0.6 is 0 Å². The van der Waals surface area contributed by atoms with Crippen molar-refractivity contribution in [2.24, 2.45) is 0 Å². The molecule has 0 unspecified atom stereocenters. The Morgan fingerprint density at radius 1 is 1.12 bits per heavy atom. The van der Waals surface area contributed by atoms with Crippen LogP contribution in [-0.4, -0.2) is 25.3 Å². The zero-order valence-electron chi connectivity index (χ0n) is 12.9. The summed E-state index contributed by atoms with van der Waals surface area (Å²) in [5.74, 6) is -0.382. The first-order valence-electron chi connectivity index (χ1n) is 6.78. The van der Waals surface area contributed by atoms with E-state index >= 15 is 0 Å². The average molecular weight is 360 g/mol. The fourth-order valence-corrected chi connectivity index (χ4v) is 1.75. The molecule has 0 aliphatic rings. The first-order chi connectivity index (χ1) is 11.6. The Labute approximate surface area is 139 Å². The number of hydrogen-bond donors (Lipinski definition) is 0. The lowest BCUT2D eigenvalue weighted by molar-refractivity contribution is -0.688. The lowest BCUT2D eigenvalue weighted by Gasteiger charge is -2.00. The van der Waals surface area contributed by atoms with Crippen molar-refractivity contribution in [1.29, 1.82) is 0 Å². The highest BCUT2D eigenvalue weighted by molar-refractivity contribution is 6.50. The number of pyridine rings is 1. The van der Waals surface area contributed by atoms with Crippen molar-refractivity contribution in [2.45, 2.75) is 6.54 Å². The smallest absolute Gasteiger partial charge is 0.465 e. The predicted molar refractivity (Wildman–Crippen MR) is 80.4 cm³/mol. The zero-order chi connectivity index (χ0) is 19.0. The minimum atomic E-state index is -6.00. The van der Waals surface area contributed by atoms with Crippen LogP contribution in [0.15, 0.2) is 48.8 Å². The third-order valence-corrected chi connectivity index (χ3v) is 2.82. The number of nitro benzene ring substituents is 1. The van der Waals surface area contributed by atoms with Crippen LogP contribution in [0.1, 0.15) is 15.9 Å². The number of methoxy groups -OCH3 is 1. The van der Waals surface area contributed by atoms with Crippen molar-refractivity contribution in [3.05, 3.63) is 70.0 Å². The lowest BCUT2D eigenvalue weighted by Crippen LogP contribution is -2.33. The molecule has 25 heavy (non-hydrogen) atoms. The van der Waals surface area contributed by atoms with Crippen LogP contribution in [0.5, 0.6) is 0 Å². The maximum Gasteiger partial charge on any atom is 0.673 e. The van der Waals surface area contributed by atoms with E-state index < -0.39 is 12.2 Å². The molecular weight excluding hydrogens is 347 g/mol. The molecule has 0 aliphatic carbocycles. The van der Waals surface area contributed by atoms with Gasteiger partial charge in [-0.15, -0.1) is 0 Å². The van der Waals surface area contributed by atoms with E-state index in [2.05, 4.69) is 4.74 Å². The molecular formula is C14H13BF4N2O4. The van der Waals surface area contributed by atoms with Crippen molar-refractivity contribution < 1.29 is 36.3 Å². The minimum Gasteiger partial charge on any atom is -0.465 e. The number of nitro groups is 1. The number of hydrogen-bond acceptors (Lipinski definition) is 4. The Bertz CT molecular complexity index is 715. The number of non-ortho nitro benzene ring substituents is 1. The first-order valence-corrected chi connectivity index (χ1v) is 6.78. The summed E-state index contributed by atoms with van der Waals surface area (Å²) in [5, 5.41) is 10.6. The normalized spacial score (nSPS) is 10.4. The van der Waals surface area contributed by atoms with Gasteiger partial charge in [-0.3, -0.25) is 10.1 Å². The summed E-state index contributed by atoms with van der Waals surface area (Å²) in [4.78, 5) is 21.4. The summed E-state index contributed by atoms with van der Waals surface area (Å²) in [5.41, 5.74) is 1.48. The lowest BCUT2D eigenvalue weighted by atomic mass is 10.2. The van der Waals surface area contributed by atoms with E-state index in [1.807, 2.05) is 4.57 Å². The zero-order valence-corrected chi connectivity index (χ0v) is 12.9. The van der Waals surface area contributed by atoms with E-state index in [4.69, 9.17) is 0 Å². The second-order valence-electron chi connectivity index (χ2n) is 4.67. The summed E-state index contributed by atoms with van der Waals surface area (Å²) >= 11 is 0. The largest absolute Gasteiger partial charge is 0.673 e. The fraction of sp³-hybridized carbons (Fsp3) is 0.143. The molecule has 0 amide bonds. The van der Waals surface area contributed by atoms with Gasteiger partial charge in [-0.05, 0) is 12.1 Å². The molecule has 2 aromatic rings. The van der Waals surface area contributed by atoms with Gasteiger partial charge in [-0.1, -0.05) is 0 Å². The van der Waals surface area contributed by atoms with Crippen LogP contribution in [0.25, 0.3) is 0 Å². The highest BCUT2D eigenvalue weighted by Crippen LogP contribution is 2.11. The number of nitrogens with zero attached hydrogens (tertiary/aromatic N) is 2. The van der Waals surface area contributed by atoms with Crippen LogP contribution in [0.2, 0.25) is 0 Å². The highest BCUT2D eigenvalue weighted by Gasteiger charge is 2.20. The van der Waals surface area contributed by atoms with Crippen LogP contribution in [-0.2, 0) is 11.3 Å². The van der Waals surface area contributed by atoms with Crippen molar-refractivity contribution in [3.63, 3.8) is 0 Å². The number of ether oxygens (including phenoxy) is 1. The summed E-state index contributed by atoms with van der Waals surface area (Å²) in [6.07, 6.45) is 3.52. The second-order valence-corrected chi connectivity index (χ2v) is 4.67.